The van der Waals surface area contributed by atoms with Gasteiger partial charge in [0.15, 0.2) is 0 Å². The molecule has 0 aromatic rings. The number of aliphatic carboxylic acids is 3. The molecular weight excluding hydrogens is 478 g/mol. The maximum atomic E-state index is 12.6. The highest BCUT2D eigenvalue weighted by molar-refractivity contribution is 7.98. The van der Waals surface area contributed by atoms with Gasteiger partial charge < -0.3 is 42.7 Å². The van der Waals surface area contributed by atoms with Crippen molar-refractivity contribution >= 4 is 53.3 Å². The van der Waals surface area contributed by atoms with Crippen molar-refractivity contribution < 1.29 is 48.9 Å². The Kier molecular flexibility index (Phi) is 13.9. The maximum absolute atomic E-state index is 12.6. The lowest BCUT2D eigenvalue weighted by Gasteiger charge is -2.24. The lowest BCUT2D eigenvalue weighted by molar-refractivity contribution is -0.144. The molecule has 0 spiro atoms. The second kappa shape index (κ2) is 15.4. The summed E-state index contributed by atoms with van der Waals surface area (Å²) in [5.41, 5.74) is 10.8. The normalized spacial score (nSPS) is 14.1. The number of hydrogen-bond acceptors (Lipinski definition) is 9. The molecule has 192 valence electrons. The Morgan fingerprint density at radius 1 is 0.765 bits per heavy atom. The van der Waals surface area contributed by atoms with Gasteiger partial charge in [-0.15, -0.1) is 0 Å². The fourth-order valence-electron chi connectivity index (χ4n) is 2.52. The monoisotopic (exact) mass is 507 g/mol. The topological polar surface area (TPSA) is 268 Å². The predicted molar refractivity (Wildman–Crippen MR) is 117 cm³/mol. The van der Waals surface area contributed by atoms with Gasteiger partial charge in [-0.3, -0.25) is 28.8 Å². The average molecular weight is 508 g/mol. The molecule has 0 saturated heterocycles. The van der Waals surface area contributed by atoms with Crippen LogP contribution in [0.25, 0.3) is 0 Å². The van der Waals surface area contributed by atoms with Gasteiger partial charge in [-0.1, -0.05) is 0 Å². The summed E-state index contributed by atoms with van der Waals surface area (Å²) < 4.78 is 0. The number of amides is 4. The van der Waals surface area contributed by atoms with Gasteiger partial charge in [0.1, 0.15) is 18.1 Å². The van der Waals surface area contributed by atoms with Crippen LogP contribution in [0.2, 0.25) is 0 Å². The maximum Gasteiger partial charge on any atom is 0.326 e. The van der Waals surface area contributed by atoms with Gasteiger partial charge in [0, 0.05) is 6.42 Å². The lowest BCUT2D eigenvalue weighted by atomic mass is 10.1. The fraction of sp³-hybridized carbons (Fsp3) is 0.611. The van der Waals surface area contributed by atoms with Crippen LogP contribution in [0.1, 0.15) is 32.1 Å². The standard InChI is InChI=1S/C18H29N5O10S/c1-34-5-4-8(19)15(29)22-10(6-12(20)24)16(30)23-11(7-14(27)28)17(31)21-9(18(32)33)2-3-13(25)26/h8-11H,2-7,19H2,1H3,(H2,20,24)(H,21,31)(H,22,29)(H,23,30)(H,25,26)(H,27,28)(H,32,33). The van der Waals surface area contributed by atoms with E-state index in [9.17, 15) is 33.6 Å². The number of primary amides is 1. The molecule has 0 radical (unpaired) electrons. The number of carboxylic acid groups (broad SMARTS) is 3. The SMILES string of the molecule is CSCCC(N)C(=O)NC(CC(N)=O)C(=O)NC(CC(=O)O)C(=O)NC(CCC(=O)O)C(=O)O. The highest BCUT2D eigenvalue weighted by atomic mass is 32.2. The van der Waals surface area contributed by atoms with Crippen molar-refractivity contribution in [1.82, 2.24) is 16.0 Å². The third-order valence-electron chi connectivity index (χ3n) is 4.28. The predicted octanol–water partition coefficient (Wildman–Crippen LogP) is -3.18. The highest BCUT2D eigenvalue weighted by Gasteiger charge is 2.32. The summed E-state index contributed by atoms with van der Waals surface area (Å²) in [6.07, 6.45) is -0.722. The first-order valence-electron chi connectivity index (χ1n) is 9.88. The minimum Gasteiger partial charge on any atom is -0.481 e. The molecule has 0 aliphatic carbocycles. The molecule has 16 heteroatoms. The first-order valence-corrected chi connectivity index (χ1v) is 11.3. The van der Waals surface area contributed by atoms with Crippen LogP contribution in [-0.2, 0) is 33.6 Å². The van der Waals surface area contributed by atoms with E-state index in [1.807, 2.05) is 10.6 Å². The van der Waals surface area contributed by atoms with Crippen LogP contribution in [0, 0.1) is 0 Å². The molecule has 0 aromatic heterocycles. The van der Waals surface area contributed by atoms with Crippen molar-refractivity contribution in [1.29, 1.82) is 0 Å². The van der Waals surface area contributed by atoms with Crippen LogP contribution in [0.3, 0.4) is 0 Å². The van der Waals surface area contributed by atoms with E-state index >= 15 is 0 Å². The van der Waals surface area contributed by atoms with E-state index in [4.69, 9.17) is 26.8 Å². The molecule has 0 bridgehead atoms. The number of thioether (sulfide) groups is 1. The van der Waals surface area contributed by atoms with Crippen molar-refractivity contribution in [2.75, 3.05) is 12.0 Å². The molecule has 0 saturated carbocycles. The number of carbonyl (C=O) groups excluding carboxylic acids is 4. The molecule has 0 aliphatic heterocycles. The van der Waals surface area contributed by atoms with E-state index < -0.39 is 91.4 Å². The molecule has 0 aliphatic rings. The van der Waals surface area contributed by atoms with Gasteiger partial charge in [-0.25, -0.2) is 4.79 Å². The molecule has 0 fully saturated rings. The highest BCUT2D eigenvalue weighted by Crippen LogP contribution is 2.04. The molecule has 34 heavy (non-hydrogen) atoms. The summed E-state index contributed by atoms with van der Waals surface area (Å²) in [6.45, 7) is 0. The minimum absolute atomic E-state index is 0.259. The Balaban J connectivity index is 5.50. The molecule has 0 rings (SSSR count). The molecule has 0 heterocycles. The molecule has 0 aromatic carbocycles. The quantitative estimate of drug-likeness (QED) is 0.0968. The Morgan fingerprint density at radius 2 is 1.26 bits per heavy atom. The van der Waals surface area contributed by atoms with Crippen LogP contribution in [-0.4, -0.2) is 93.0 Å². The molecule has 4 atom stereocenters. The third kappa shape index (κ3) is 12.6. The van der Waals surface area contributed by atoms with Crippen molar-refractivity contribution in [3.05, 3.63) is 0 Å². The van der Waals surface area contributed by atoms with Gasteiger partial charge in [0.25, 0.3) is 0 Å². The zero-order valence-electron chi connectivity index (χ0n) is 18.3. The van der Waals surface area contributed by atoms with Crippen molar-refractivity contribution in [3.63, 3.8) is 0 Å². The van der Waals surface area contributed by atoms with E-state index in [1.165, 1.54) is 11.8 Å². The molecule has 10 N–H and O–H groups in total. The van der Waals surface area contributed by atoms with E-state index in [0.717, 1.165) is 0 Å². The number of hydrogen-bond donors (Lipinski definition) is 8. The first-order chi connectivity index (χ1) is 15.8. The Labute approximate surface area is 198 Å². The second-order valence-electron chi connectivity index (χ2n) is 7.11. The first kappa shape index (κ1) is 30.6. The van der Waals surface area contributed by atoms with Crippen LogP contribution in [0.15, 0.2) is 0 Å². The average Bonchev–Trinajstić information content (AvgIpc) is 2.72. The Morgan fingerprint density at radius 3 is 1.71 bits per heavy atom. The van der Waals surface area contributed by atoms with E-state index in [1.54, 1.807) is 6.26 Å². The largest absolute Gasteiger partial charge is 0.481 e. The number of rotatable bonds is 17. The number of nitrogens with two attached hydrogens (primary N) is 2. The summed E-state index contributed by atoms with van der Waals surface area (Å²) in [5, 5.41) is 33.1. The van der Waals surface area contributed by atoms with Gasteiger partial charge >= 0.3 is 17.9 Å². The number of carboxylic acids is 3. The van der Waals surface area contributed by atoms with Crippen molar-refractivity contribution in [2.45, 2.75) is 56.3 Å². The summed E-state index contributed by atoms with van der Waals surface area (Å²) >= 11 is 1.42. The van der Waals surface area contributed by atoms with Gasteiger partial charge in [0.05, 0.1) is 18.9 Å². The summed E-state index contributed by atoms with van der Waals surface area (Å²) in [5.74, 6) is -8.03. The molecule has 4 amide bonds. The van der Waals surface area contributed by atoms with Crippen LogP contribution in [0.4, 0.5) is 0 Å². The van der Waals surface area contributed by atoms with Crippen LogP contribution < -0.4 is 27.4 Å². The van der Waals surface area contributed by atoms with Gasteiger partial charge in [-0.2, -0.15) is 11.8 Å². The summed E-state index contributed by atoms with van der Waals surface area (Å²) in [6, 6.07) is -6.09. The molecule has 4 unspecified atom stereocenters. The second-order valence-corrected chi connectivity index (χ2v) is 8.10. The fourth-order valence-corrected chi connectivity index (χ4v) is 3.01. The van der Waals surface area contributed by atoms with Gasteiger partial charge in [-0.05, 0) is 24.9 Å². The molecule has 15 nitrogen and oxygen atoms in total. The third-order valence-corrected chi connectivity index (χ3v) is 4.93. The lowest BCUT2D eigenvalue weighted by Crippen LogP contribution is -2.58. The Hall–Kier alpha value is -3.40. The zero-order valence-corrected chi connectivity index (χ0v) is 19.1. The van der Waals surface area contributed by atoms with Crippen molar-refractivity contribution in [2.24, 2.45) is 11.5 Å². The van der Waals surface area contributed by atoms with Crippen LogP contribution in [0.5, 0.6) is 0 Å². The number of nitrogens with one attached hydrogen (secondary N) is 3. The summed E-state index contributed by atoms with van der Waals surface area (Å²) in [4.78, 5) is 81.8. The van der Waals surface area contributed by atoms with E-state index in [0.29, 0.717) is 5.75 Å². The van der Waals surface area contributed by atoms with Crippen LogP contribution >= 0.6 is 11.8 Å². The summed E-state index contributed by atoms with van der Waals surface area (Å²) in [7, 11) is 0. The smallest absolute Gasteiger partial charge is 0.326 e. The van der Waals surface area contributed by atoms with Gasteiger partial charge in [0.2, 0.25) is 23.6 Å². The zero-order chi connectivity index (χ0) is 26.4. The van der Waals surface area contributed by atoms with E-state index in [2.05, 4.69) is 5.32 Å². The van der Waals surface area contributed by atoms with E-state index in [-0.39, 0.29) is 6.42 Å². The Bertz CT molecular complexity index is 793. The molecular formula is C18H29N5O10S. The minimum atomic E-state index is -1.81. The van der Waals surface area contributed by atoms with Crippen molar-refractivity contribution in [3.8, 4) is 0 Å². The number of carbonyl (C=O) groups is 7.